The molecular weight excluding hydrogens is 756 g/mol. The summed E-state index contributed by atoms with van der Waals surface area (Å²) in [6.07, 6.45) is -7.63. The van der Waals surface area contributed by atoms with Crippen LogP contribution >= 0.6 is 0 Å². The van der Waals surface area contributed by atoms with Gasteiger partial charge in [-0.2, -0.15) is 0 Å². The van der Waals surface area contributed by atoms with E-state index < -0.39 is 103 Å². The van der Waals surface area contributed by atoms with Gasteiger partial charge in [0.25, 0.3) is 0 Å². The molecule has 21 atom stereocenters. The zero-order valence-electron chi connectivity index (χ0n) is 35.5. The molecule has 3 aliphatic heterocycles. The Morgan fingerprint density at radius 1 is 0.793 bits per heavy atom. The SMILES string of the molecule is CC(=O)OC1C(O)COC(O[C@H]2CCC34CC35CC[C@]3(C)C(C6(C)CCC(C(C)(C)O)O6)[C@@H](O)C[C@@]3(C)C5C[C@H](OC3OC(CO)C(O)C(O)C3O)C4C2(C)C)C1O. The molecule has 5 aliphatic carbocycles. The van der Waals surface area contributed by atoms with Crippen molar-refractivity contribution in [2.45, 2.75) is 204 Å². The van der Waals surface area contributed by atoms with Crippen LogP contribution in [0.1, 0.15) is 113 Å². The summed E-state index contributed by atoms with van der Waals surface area (Å²) in [6, 6.07) is 0. The fourth-order valence-corrected chi connectivity index (χ4v) is 15.2. The first-order chi connectivity index (χ1) is 26.9. The van der Waals surface area contributed by atoms with Crippen molar-refractivity contribution in [3.63, 3.8) is 0 Å². The van der Waals surface area contributed by atoms with Crippen molar-refractivity contribution >= 4 is 5.97 Å². The minimum absolute atomic E-state index is 0.0855. The number of rotatable bonds is 8. The van der Waals surface area contributed by atoms with Crippen LogP contribution in [0.5, 0.6) is 0 Å². The second-order valence-electron chi connectivity index (χ2n) is 21.6. The minimum atomic E-state index is -1.62. The first-order valence-electron chi connectivity index (χ1n) is 21.8. The zero-order chi connectivity index (χ0) is 42.3. The maximum absolute atomic E-state index is 12.2. The molecule has 15 heteroatoms. The van der Waals surface area contributed by atoms with E-state index in [1.54, 1.807) is 13.8 Å². The molecule has 332 valence electrons. The lowest BCUT2D eigenvalue weighted by atomic mass is 9.41. The van der Waals surface area contributed by atoms with E-state index in [1.807, 2.05) is 0 Å². The van der Waals surface area contributed by atoms with Crippen LogP contribution in [0.2, 0.25) is 0 Å². The predicted molar refractivity (Wildman–Crippen MR) is 203 cm³/mol. The molecule has 2 spiro atoms. The first kappa shape index (κ1) is 43.6. The monoisotopic (exact) mass is 826 g/mol. The van der Waals surface area contributed by atoms with E-state index in [0.29, 0.717) is 25.7 Å². The Balaban J connectivity index is 1.14. The summed E-state index contributed by atoms with van der Waals surface area (Å²) in [5.74, 6) is -0.920. The van der Waals surface area contributed by atoms with Crippen LogP contribution in [-0.4, -0.2) is 151 Å². The summed E-state index contributed by atoms with van der Waals surface area (Å²) < 4.78 is 37.4. The highest BCUT2D eigenvalue weighted by atomic mass is 16.7. The Bertz CT molecular complexity index is 1570. The number of aliphatic hydroxyl groups excluding tert-OH is 7. The number of carbonyl (C=O) groups excluding carboxylic acids is 1. The van der Waals surface area contributed by atoms with E-state index in [2.05, 4.69) is 34.6 Å². The number of esters is 1. The van der Waals surface area contributed by atoms with E-state index in [4.69, 9.17) is 28.4 Å². The van der Waals surface area contributed by atoms with Crippen molar-refractivity contribution in [2.75, 3.05) is 13.2 Å². The van der Waals surface area contributed by atoms with Crippen molar-refractivity contribution in [1.29, 1.82) is 0 Å². The Morgan fingerprint density at radius 3 is 2.14 bits per heavy atom. The predicted octanol–water partition coefficient (Wildman–Crippen LogP) is 1.29. The van der Waals surface area contributed by atoms with Gasteiger partial charge in [0, 0.05) is 12.8 Å². The summed E-state index contributed by atoms with van der Waals surface area (Å²) in [5.41, 5.74) is -3.30. The highest BCUT2D eigenvalue weighted by Crippen LogP contribution is 2.89. The lowest BCUT2D eigenvalue weighted by Gasteiger charge is -2.65. The van der Waals surface area contributed by atoms with E-state index in [1.165, 1.54) is 6.92 Å². The average molecular weight is 827 g/mol. The minimum Gasteiger partial charge on any atom is -0.457 e. The highest BCUT2D eigenvalue weighted by Gasteiger charge is 2.85. The molecule has 5 saturated carbocycles. The number of hydrogen-bond donors (Lipinski definition) is 8. The van der Waals surface area contributed by atoms with Crippen LogP contribution in [0.15, 0.2) is 0 Å². The van der Waals surface area contributed by atoms with Crippen molar-refractivity contribution in [1.82, 2.24) is 0 Å². The van der Waals surface area contributed by atoms with Gasteiger partial charge in [-0.05, 0) is 117 Å². The molecule has 0 bridgehead atoms. The average Bonchev–Trinajstić information content (AvgIpc) is 3.49. The van der Waals surface area contributed by atoms with Crippen LogP contribution < -0.4 is 0 Å². The van der Waals surface area contributed by atoms with Gasteiger partial charge in [0.2, 0.25) is 0 Å². The number of hydrogen-bond acceptors (Lipinski definition) is 15. The molecule has 58 heavy (non-hydrogen) atoms. The summed E-state index contributed by atoms with van der Waals surface area (Å²) in [5, 5.41) is 87.8. The van der Waals surface area contributed by atoms with Crippen LogP contribution in [0.4, 0.5) is 0 Å². The normalized spacial score (nSPS) is 56.1. The second-order valence-corrected chi connectivity index (χ2v) is 21.6. The van der Waals surface area contributed by atoms with Crippen molar-refractivity contribution in [3.05, 3.63) is 0 Å². The molecule has 3 saturated heterocycles. The number of carbonyl (C=O) groups is 1. The van der Waals surface area contributed by atoms with Gasteiger partial charge in [-0.1, -0.05) is 27.7 Å². The fraction of sp³-hybridized carbons (Fsp3) is 0.977. The quantitative estimate of drug-likeness (QED) is 0.127. The molecule has 15 nitrogen and oxygen atoms in total. The van der Waals surface area contributed by atoms with Gasteiger partial charge in [0.15, 0.2) is 18.7 Å². The standard InChI is InChI=1S/C43H70O15/c1-20(45)54-32-22(47)18-53-35(31(32)51)57-26-10-12-43-19-42(43)14-13-39(6)33(41(8)11-9-27(58-41)38(4,5)52)21(46)16-40(39,7)25(42)15-23(34(43)37(26,2)3)55-36-30(50)29(49)28(48)24(17-44)56-36/h21-36,44,46-52H,9-19H2,1-8H3/t21-,22?,23-,24?,25?,26-,27?,28?,29?,30?,31?,32?,33?,34?,35?,36?,39+,40-,41?,42?,43?/m0/s1. The van der Waals surface area contributed by atoms with Crippen molar-refractivity contribution < 1.29 is 74.1 Å². The molecule has 8 rings (SSSR count). The topological polar surface area (TPSA) is 234 Å². The van der Waals surface area contributed by atoms with E-state index in [0.717, 1.165) is 32.1 Å². The number of aliphatic hydroxyl groups is 8. The molecule has 8 N–H and O–H groups in total. The Labute approximate surface area is 341 Å². The second kappa shape index (κ2) is 14.2. The molecule has 8 fully saturated rings. The van der Waals surface area contributed by atoms with Gasteiger partial charge >= 0.3 is 5.97 Å². The van der Waals surface area contributed by atoms with Gasteiger partial charge in [-0.15, -0.1) is 0 Å². The van der Waals surface area contributed by atoms with Crippen LogP contribution in [0.25, 0.3) is 0 Å². The van der Waals surface area contributed by atoms with Gasteiger partial charge in [-0.25, -0.2) is 0 Å². The maximum atomic E-state index is 12.2. The largest absolute Gasteiger partial charge is 0.457 e. The summed E-state index contributed by atoms with van der Waals surface area (Å²) in [6.45, 7) is 15.0. The summed E-state index contributed by atoms with van der Waals surface area (Å²) in [7, 11) is 0. The third-order valence-corrected chi connectivity index (χ3v) is 17.9. The Hall–Kier alpha value is -1.05. The fourth-order valence-electron chi connectivity index (χ4n) is 15.2. The van der Waals surface area contributed by atoms with Crippen LogP contribution in [0, 0.1) is 44.8 Å². The zero-order valence-corrected chi connectivity index (χ0v) is 35.5. The Kier molecular flexibility index (Phi) is 10.7. The van der Waals surface area contributed by atoms with E-state index in [9.17, 15) is 45.6 Å². The number of fused-ring (bicyclic) bond motifs is 2. The molecular formula is C43H70O15. The molecule has 0 radical (unpaired) electrons. The molecule has 16 unspecified atom stereocenters. The van der Waals surface area contributed by atoms with Gasteiger partial charge < -0.3 is 69.3 Å². The lowest BCUT2D eigenvalue weighted by molar-refractivity contribution is -0.339. The maximum Gasteiger partial charge on any atom is 0.303 e. The highest BCUT2D eigenvalue weighted by molar-refractivity contribution is 5.66. The third-order valence-electron chi connectivity index (χ3n) is 17.9. The van der Waals surface area contributed by atoms with Crippen molar-refractivity contribution in [2.24, 2.45) is 44.8 Å². The Morgan fingerprint density at radius 2 is 1.50 bits per heavy atom. The van der Waals surface area contributed by atoms with Gasteiger partial charge in [0.1, 0.15) is 36.6 Å². The number of ether oxygens (including phenoxy) is 6. The lowest BCUT2D eigenvalue weighted by Crippen LogP contribution is -2.65. The molecule has 0 aromatic heterocycles. The molecule has 8 aliphatic rings. The smallest absolute Gasteiger partial charge is 0.303 e. The molecule has 0 aromatic rings. The van der Waals surface area contributed by atoms with E-state index in [-0.39, 0.29) is 52.1 Å². The van der Waals surface area contributed by atoms with Crippen LogP contribution in [0.3, 0.4) is 0 Å². The van der Waals surface area contributed by atoms with Gasteiger partial charge in [0.05, 0.1) is 48.8 Å². The third kappa shape index (κ3) is 6.17. The van der Waals surface area contributed by atoms with Gasteiger partial charge in [-0.3, -0.25) is 4.79 Å². The molecule has 0 amide bonds. The summed E-state index contributed by atoms with van der Waals surface area (Å²) in [4.78, 5) is 11.9. The molecule has 0 aromatic carbocycles. The summed E-state index contributed by atoms with van der Waals surface area (Å²) >= 11 is 0. The van der Waals surface area contributed by atoms with Crippen LogP contribution in [-0.2, 0) is 33.2 Å². The molecule has 3 heterocycles. The van der Waals surface area contributed by atoms with E-state index >= 15 is 0 Å². The first-order valence-corrected chi connectivity index (χ1v) is 21.8. The van der Waals surface area contributed by atoms with Crippen molar-refractivity contribution in [3.8, 4) is 0 Å².